The first-order chi connectivity index (χ1) is 7.08. The van der Waals surface area contributed by atoms with Gasteiger partial charge in [0.2, 0.25) is 0 Å². The van der Waals surface area contributed by atoms with E-state index in [0.29, 0.717) is 11.5 Å². The van der Waals surface area contributed by atoms with Crippen molar-refractivity contribution in [1.82, 2.24) is 0 Å². The van der Waals surface area contributed by atoms with Crippen LogP contribution in [0.5, 0.6) is 0 Å². The van der Waals surface area contributed by atoms with Crippen molar-refractivity contribution in [1.29, 1.82) is 0 Å². The molecule has 3 heteroatoms. The molecule has 0 aromatic heterocycles. The van der Waals surface area contributed by atoms with Gasteiger partial charge in [-0.2, -0.15) is 0 Å². The predicted octanol–water partition coefficient (Wildman–Crippen LogP) is 3.92. The summed E-state index contributed by atoms with van der Waals surface area (Å²) in [6.07, 6.45) is 3.76. The van der Waals surface area contributed by atoms with Gasteiger partial charge in [-0.3, -0.25) is 0 Å². The van der Waals surface area contributed by atoms with Crippen molar-refractivity contribution in [2.24, 2.45) is 5.92 Å². The van der Waals surface area contributed by atoms with E-state index in [1.54, 1.807) is 0 Å². The Morgan fingerprint density at radius 2 is 1.73 bits per heavy atom. The Labute approximate surface area is 86.4 Å². The SMILES string of the molecule is CC1C=C(c2cc(F)c(F)c(F)c2)CC1. The molecule has 0 saturated heterocycles. The van der Waals surface area contributed by atoms with Crippen LogP contribution < -0.4 is 0 Å². The molecule has 1 aliphatic carbocycles. The van der Waals surface area contributed by atoms with Crippen molar-refractivity contribution < 1.29 is 13.2 Å². The number of benzene rings is 1. The lowest BCUT2D eigenvalue weighted by molar-refractivity contribution is 0.446. The van der Waals surface area contributed by atoms with Crippen LogP contribution in [-0.4, -0.2) is 0 Å². The highest BCUT2D eigenvalue weighted by molar-refractivity contribution is 5.67. The summed E-state index contributed by atoms with van der Waals surface area (Å²) < 4.78 is 38.6. The van der Waals surface area contributed by atoms with Gasteiger partial charge >= 0.3 is 0 Å². The van der Waals surface area contributed by atoms with Crippen LogP contribution in [0, 0.1) is 23.4 Å². The maximum atomic E-state index is 12.9. The van der Waals surface area contributed by atoms with E-state index in [1.165, 1.54) is 0 Å². The van der Waals surface area contributed by atoms with Crippen molar-refractivity contribution in [3.8, 4) is 0 Å². The molecule has 1 aromatic rings. The fourth-order valence-corrected chi connectivity index (χ4v) is 1.87. The van der Waals surface area contributed by atoms with Gasteiger partial charge in [-0.15, -0.1) is 0 Å². The Bertz CT molecular complexity index is 398. The Hall–Kier alpha value is -1.25. The van der Waals surface area contributed by atoms with Crippen LogP contribution in [-0.2, 0) is 0 Å². The zero-order valence-electron chi connectivity index (χ0n) is 8.36. The van der Waals surface area contributed by atoms with E-state index in [9.17, 15) is 13.2 Å². The van der Waals surface area contributed by atoms with Crippen molar-refractivity contribution in [3.63, 3.8) is 0 Å². The fourth-order valence-electron chi connectivity index (χ4n) is 1.87. The molecule has 2 rings (SSSR count). The minimum Gasteiger partial charge on any atom is -0.204 e. The molecule has 0 saturated carbocycles. The highest BCUT2D eigenvalue weighted by Gasteiger charge is 2.17. The van der Waals surface area contributed by atoms with Crippen LogP contribution >= 0.6 is 0 Å². The zero-order chi connectivity index (χ0) is 11.0. The van der Waals surface area contributed by atoms with E-state index in [2.05, 4.69) is 0 Å². The van der Waals surface area contributed by atoms with Gasteiger partial charge in [-0.1, -0.05) is 13.0 Å². The molecule has 0 aliphatic heterocycles. The second-order valence-corrected chi connectivity index (χ2v) is 3.96. The van der Waals surface area contributed by atoms with Crippen molar-refractivity contribution >= 4 is 5.57 Å². The van der Waals surface area contributed by atoms with E-state index in [4.69, 9.17) is 0 Å². The Morgan fingerprint density at radius 3 is 2.20 bits per heavy atom. The summed E-state index contributed by atoms with van der Waals surface area (Å²) in [6, 6.07) is 2.12. The Kier molecular flexibility index (Phi) is 2.55. The molecule has 0 heterocycles. The average molecular weight is 212 g/mol. The van der Waals surface area contributed by atoms with E-state index in [-0.39, 0.29) is 0 Å². The smallest absolute Gasteiger partial charge is 0.194 e. The number of halogens is 3. The summed E-state index contributed by atoms with van der Waals surface area (Å²) in [5.41, 5.74) is 1.36. The third kappa shape index (κ3) is 1.91. The summed E-state index contributed by atoms with van der Waals surface area (Å²) in [7, 11) is 0. The second-order valence-electron chi connectivity index (χ2n) is 3.96. The third-order valence-corrected chi connectivity index (χ3v) is 2.71. The number of allylic oxidation sites excluding steroid dienone is 2. The first-order valence-electron chi connectivity index (χ1n) is 4.93. The molecular formula is C12H11F3. The van der Waals surface area contributed by atoms with Gasteiger partial charge in [-0.05, 0) is 42.0 Å². The number of hydrogen-bond acceptors (Lipinski definition) is 0. The zero-order valence-corrected chi connectivity index (χ0v) is 8.36. The molecule has 1 unspecified atom stereocenters. The molecule has 1 atom stereocenters. The Balaban J connectivity index is 2.42. The maximum Gasteiger partial charge on any atom is 0.194 e. The van der Waals surface area contributed by atoms with Gasteiger partial charge in [0.1, 0.15) is 0 Å². The summed E-state index contributed by atoms with van der Waals surface area (Å²) >= 11 is 0. The molecule has 1 aromatic carbocycles. The molecule has 80 valence electrons. The molecule has 0 nitrogen and oxygen atoms in total. The summed E-state index contributed by atoms with van der Waals surface area (Å²) in [5.74, 6) is -3.21. The van der Waals surface area contributed by atoms with Gasteiger partial charge in [0.15, 0.2) is 17.5 Å². The fraction of sp³-hybridized carbons (Fsp3) is 0.333. The van der Waals surface area contributed by atoms with Gasteiger partial charge in [0, 0.05) is 0 Å². The number of rotatable bonds is 1. The standard InChI is InChI=1S/C12H11F3/c1-7-2-3-8(4-7)9-5-10(13)12(15)11(14)6-9/h4-7H,2-3H2,1H3. The van der Waals surface area contributed by atoms with Crippen LogP contribution in [0.15, 0.2) is 18.2 Å². The molecule has 0 radical (unpaired) electrons. The van der Waals surface area contributed by atoms with Crippen LogP contribution in [0.1, 0.15) is 25.3 Å². The highest BCUT2D eigenvalue weighted by Crippen LogP contribution is 2.32. The lowest BCUT2D eigenvalue weighted by Crippen LogP contribution is -1.93. The highest BCUT2D eigenvalue weighted by atomic mass is 19.2. The molecule has 0 N–H and O–H groups in total. The van der Waals surface area contributed by atoms with E-state index < -0.39 is 17.5 Å². The minimum atomic E-state index is -1.40. The molecule has 15 heavy (non-hydrogen) atoms. The molecule has 0 bridgehead atoms. The predicted molar refractivity (Wildman–Crippen MR) is 52.7 cm³/mol. The minimum absolute atomic E-state index is 0.427. The van der Waals surface area contributed by atoms with Crippen LogP contribution in [0.3, 0.4) is 0 Å². The van der Waals surface area contributed by atoms with Gasteiger partial charge in [0.25, 0.3) is 0 Å². The van der Waals surface area contributed by atoms with Gasteiger partial charge < -0.3 is 0 Å². The molecule has 0 fully saturated rings. The molecule has 0 amide bonds. The lowest BCUT2D eigenvalue weighted by atomic mass is 10.1. The van der Waals surface area contributed by atoms with E-state index in [0.717, 1.165) is 30.5 Å². The Morgan fingerprint density at radius 1 is 1.13 bits per heavy atom. The van der Waals surface area contributed by atoms with Crippen LogP contribution in [0.4, 0.5) is 13.2 Å². The molecule has 1 aliphatic rings. The third-order valence-electron chi connectivity index (χ3n) is 2.71. The average Bonchev–Trinajstić information content (AvgIpc) is 2.60. The van der Waals surface area contributed by atoms with Crippen molar-refractivity contribution in [3.05, 3.63) is 41.2 Å². The van der Waals surface area contributed by atoms with Gasteiger partial charge in [0.05, 0.1) is 0 Å². The summed E-state index contributed by atoms with van der Waals surface area (Å²) in [5, 5.41) is 0. The summed E-state index contributed by atoms with van der Waals surface area (Å²) in [6.45, 7) is 2.04. The lowest BCUT2D eigenvalue weighted by Gasteiger charge is -2.03. The van der Waals surface area contributed by atoms with Gasteiger partial charge in [-0.25, -0.2) is 13.2 Å². The van der Waals surface area contributed by atoms with Crippen molar-refractivity contribution in [2.75, 3.05) is 0 Å². The molecular weight excluding hydrogens is 201 g/mol. The van der Waals surface area contributed by atoms with Crippen molar-refractivity contribution in [2.45, 2.75) is 19.8 Å². The first-order valence-corrected chi connectivity index (χ1v) is 4.93. The first kappa shape index (κ1) is 10.3. The topological polar surface area (TPSA) is 0 Å². The monoisotopic (exact) mass is 212 g/mol. The van der Waals surface area contributed by atoms with Crippen LogP contribution in [0.2, 0.25) is 0 Å². The van der Waals surface area contributed by atoms with E-state index in [1.807, 2.05) is 13.0 Å². The largest absolute Gasteiger partial charge is 0.204 e. The summed E-state index contributed by atoms with van der Waals surface area (Å²) in [4.78, 5) is 0. The molecule has 0 spiro atoms. The quantitative estimate of drug-likeness (QED) is 0.619. The second kappa shape index (κ2) is 3.72. The van der Waals surface area contributed by atoms with E-state index >= 15 is 0 Å². The number of hydrogen-bond donors (Lipinski definition) is 0. The normalized spacial score (nSPS) is 20.5. The maximum absolute atomic E-state index is 12.9. The van der Waals surface area contributed by atoms with Crippen LogP contribution in [0.25, 0.3) is 5.57 Å².